The topological polar surface area (TPSA) is 156 Å². The molecule has 4 bridgehead atoms. The van der Waals surface area contributed by atoms with Crippen LogP contribution in [0.1, 0.15) is 154 Å². The summed E-state index contributed by atoms with van der Waals surface area (Å²) >= 11 is 1.43. The average Bonchev–Trinajstić information content (AvgIpc) is 3.71. The molecule has 6 aliphatic rings. The number of phenols is 1. The fraction of sp³-hybridized carbons (Fsp3) is 0.674. The highest BCUT2D eigenvalue weighted by molar-refractivity contribution is 7.99. The summed E-state index contributed by atoms with van der Waals surface area (Å²) in [5.41, 5.74) is 4.32. The molecule has 6 aliphatic heterocycles. The zero-order chi connectivity index (χ0) is 42.7. The molecule has 6 heterocycles. The minimum Gasteiger partial charge on any atom is -0.504 e. The van der Waals surface area contributed by atoms with Gasteiger partial charge in [-0.2, -0.15) is 0 Å². The van der Waals surface area contributed by atoms with Gasteiger partial charge < -0.3 is 39.2 Å². The number of fused-ring (bicyclic) bond motifs is 10. The molecule has 0 aliphatic carbocycles. The van der Waals surface area contributed by atoms with Crippen molar-refractivity contribution in [3.05, 3.63) is 39.4 Å². The number of carbonyl (C=O) groups excluding carboxylic acids is 3. The fourth-order valence-electron chi connectivity index (χ4n) is 10.4. The quantitative estimate of drug-likeness (QED) is 0.0813. The van der Waals surface area contributed by atoms with Gasteiger partial charge in [0.2, 0.25) is 12.7 Å². The molecule has 60 heavy (non-hydrogen) atoms. The lowest BCUT2D eigenvalue weighted by molar-refractivity contribution is -0.184. The van der Waals surface area contributed by atoms with Gasteiger partial charge in [0.15, 0.2) is 23.0 Å². The molecule has 14 heteroatoms. The third-order valence-corrected chi connectivity index (χ3v) is 14.7. The number of hydrogen-bond donors (Lipinski definition) is 3. The number of amides is 1. The second kappa shape index (κ2) is 19.5. The van der Waals surface area contributed by atoms with E-state index in [9.17, 15) is 24.6 Å². The fourth-order valence-corrected chi connectivity index (χ4v) is 12.0. The smallest absolute Gasteiger partial charge is 0.329 e. The van der Waals surface area contributed by atoms with Crippen LogP contribution in [0.2, 0.25) is 0 Å². The lowest BCUT2D eigenvalue weighted by atomic mass is 9.73. The minimum atomic E-state index is -1.03. The lowest BCUT2D eigenvalue weighted by Crippen LogP contribution is -2.69. The second-order valence-electron chi connectivity index (χ2n) is 17.3. The summed E-state index contributed by atoms with van der Waals surface area (Å²) in [6, 6.07) is -1.07. The van der Waals surface area contributed by atoms with E-state index < -0.39 is 47.6 Å². The van der Waals surface area contributed by atoms with Crippen LogP contribution in [-0.2, 0) is 25.5 Å². The Morgan fingerprint density at radius 2 is 1.57 bits per heavy atom. The van der Waals surface area contributed by atoms with Gasteiger partial charge in [0.05, 0.1) is 30.5 Å². The number of nitrogens with zero attached hydrogens (tertiary/aromatic N) is 2. The Hall–Kier alpha value is -3.72. The number of aliphatic hydroxyl groups is 1. The monoisotopic (exact) mass is 851 g/mol. The van der Waals surface area contributed by atoms with Crippen LogP contribution in [0.4, 0.5) is 0 Å². The first-order chi connectivity index (χ1) is 29.0. The number of ether oxygens (including phenoxy) is 5. The van der Waals surface area contributed by atoms with E-state index in [1.165, 1.54) is 90.0 Å². The highest BCUT2D eigenvalue weighted by atomic mass is 32.2. The van der Waals surface area contributed by atoms with Crippen molar-refractivity contribution in [1.29, 1.82) is 0 Å². The zero-order valence-electron chi connectivity index (χ0n) is 36.3. The van der Waals surface area contributed by atoms with Crippen molar-refractivity contribution >= 4 is 29.6 Å². The molecule has 2 aromatic carbocycles. The molecular weight excluding hydrogens is 787 g/mol. The Morgan fingerprint density at radius 1 is 0.917 bits per heavy atom. The minimum absolute atomic E-state index is 0.0455. The van der Waals surface area contributed by atoms with Crippen LogP contribution in [0.25, 0.3) is 0 Å². The Labute approximate surface area is 359 Å². The zero-order valence-corrected chi connectivity index (χ0v) is 37.1. The maximum Gasteiger partial charge on any atom is 0.329 e. The SMILES string of the molecule is CCCCCCCCCCCCCCCC(=O)NC1CS[C@@H]2c3c(OC(C)=O)c(C)c4c(c3[C@H](COC1=O)N1C2[C@H]2c3c(cc(C)c(OC)c3O)C[C@@H]([C@@H]1O)N2C)OCO4. The molecule has 13 nitrogen and oxygen atoms in total. The summed E-state index contributed by atoms with van der Waals surface area (Å²) in [6.45, 7) is 7.09. The third kappa shape index (κ3) is 8.67. The van der Waals surface area contributed by atoms with Gasteiger partial charge in [0, 0.05) is 47.4 Å². The van der Waals surface area contributed by atoms with Crippen LogP contribution in [-0.4, -0.2) is 95.5 Å². The number of piperazine rings is 1. The van der Waals surface area contributed by atoms with Crippen LogP contribution in [0.3, 0.4) is 0 Å². The van der Waals surface area contributed by atoms with Crippen molar-refractivity contribution < 1.29 is 48.3 Å². The highest BCUT2D eigenvalue weighted by Gasteiger charge is 2.60. The number of benzene rings is 2. The Kier molecular flexibility index (Phi) is 14.4. The molecule has 3 N–H and O–H groups in total. The van der Waals surface area contributed by atoms with Gasteiger partial charge in [-0.3, -0.25) is 19.4 Å². The van der Waals surface area contributed by atoms with Gasteiger partial charge in [-0.25, -0.2) is 4.79 Å². The molecule has 330 valence electrons. The first-order valence-corrected chi connectivity index (χ1v) is 23.3. The van der Waals surface area contributed by atoms with Crippen molar-refractivity contribution in [3.8, 4) is 28.7 Å². The number of methoxy groups -OCH3 is 1. The molecule has 0 spiro atoms. The van der Waals surface area contributed by atoms with E-state index in [-0.39, 0.29) is 36.9 Å². The Morgan fingerprint density at radius 3 is 2.22 bits per heavy atom. The van der Waals surface area contributed by atoms with Gasteiger partial charge in [-0.05, 0) is 44.9 Å². The molecule has 1 amide bonds. The van der Waals surface area contributed by atoms with Gasteiger partial charge in [-0.1, -0.05) is 90.0 Å². The highest BCUT2D eigenvalue weighted by Crippen LogP contribution is 2.64. The standard InChI is InChI=1S/C46H65N3O10S/c1-7-8-9-10-11-12-13-14-15-16-17-18-19-20-33(51)47-30-24-60-44-36-35(43-42(57-25-58-43)27(3)41(36)59-28(4)50)32(23-56-46(30)54)49-38(44)37-34-29(22-31(45(49)53)48(37)5)21-26(2)40(55-6)39(34)52/h21,30-32,37-38,44-45,52-53H,7-20,22-25H2,1-6H3,(H,47,51)/t30?,31-,32-,37+,38?,44+,45-/m0/s1. The number of aromatic hydroxyl groups is 1. The third-order valence-electron chi connectivity index (χ3n) is 13.3. The predicted octanol–water partition coefficient (Wildman–Crippen LogP) is 7.62. The van der Waals surface area contributed by atoms with Crippen LogP contribution < -0.4 is 24.3 Å². The first-order valence-electron chi connectivity index (χ1n) is 22.3. The number of aliphatic hydroxyl groups excluding tert-OH is 1. The maximum absolute atomic E-state index is 13.9. The number of hydrogen-bond acceptors (Lipinski definition) is 13. The summed E-state index contributed by atoms with van der Waals surface area (Å²) in [5, 5.41) is 26.9. The van der Waals surface area contributed by atoms with Crippen molar-refractivity contribution in [1.82, 2.24) is 15.1 Å². The maximum atomic E-state index is 13.9. The first kappa shape index (κ1) is 44.3. The number of phenolic OH excluding ortho intramolecular Hbond substituents is 1. The van der Waals surface area contributed by atoms with E-state index in [1.807, 2.05) is 31.9 Å². The average molecular weight is 852 g/mol. The second-order valence-corrected chi connectivity index (χ2v) is 18.5. The van der Waals surface area contributed by atoms with E-state index in [1.54, 1.807) is 0 Å². The molecule has 0 saturated carbocycles. The number of likely N-dealkylation sites (N-methyl/N-ethyl adjacent to an activating group) is 1. The Bertz CT molecular complexity index is 1910. The van der Waals surface area contributed by atoms with Gasteiger partial charge in [0.25, 0.3) is 0 Å². The van der Waals surface area contributed by atoms with Crippen molar-refractivity contribution in [2.45, 2.75) is 166 Å². The number of unbranched alkanes of at least 4 members (excludes halogenated alkanes) is 12. The van der Waals surface area contributed by atoms with Crippen LogP contribution in [0.15, 0.2) is 6.07 Å². The number of carbonyl (C=O) groups is 3. The summed E-state index contributed by atoms with van der Waals surface area (Å²) in [7, 11) is 3.50. The van der Waals surface area contributed by atoms with Crippen molar-refractivity contribution in [2.75, 3.05) is 33.3 Å². The molecular formula is C46H65N3O10S. The van der Waals surface area contributed by atoms with Gasteiger partial charge in [-0.15, -0.1) is 11.8 Å². The summed E-state index contributed by atoms with van der Waals surface area (Å²) in [5.74, 6) is 0.533. The molecule has 0 aromatic heterocycles. The van der Waals surface area contributed by atoms with E-state index in [0.717, 1.165) is 30.4 Å². The summed E-state index contributed by atoms with van der Waals surface area (Å²) < 4.78 is 30.0. The molecule has 2 fully saturated rings. The van der Waals surface area contributed by atoms with Crippen LogP contribution in [0.5, 0.6) is 28.7 Å². The molecule has 0 radical (unpaired) electrons. The summed E-state index contributed by atoms with van der Waals surface area (Å²) in [4.78, 5) is 44.3. The number of thioether (sulfide) groups is 1. The molecule has 2 aromatic rings. The van der Waals surface area contributed by atoms with Crippen LogP contribution in [0, 0.1) is 13.8 Å². The molecule has 2 unspecified atom stereocenters. The number of rotatable bonds is 17. The van der Waals surface area contributed by atoms with E-state index in [0.29, 0.717) is 58.1 Å². The summed E-state index contributed by atoms with van der Waals surface area (Å²) in [6.07, 6.45) is 15.5. The molecule has 8 rings (SSSR count). The van der Waals surface area contributed by atoms with Crippen molar-refractivity contribution in [2.24, 2.45) is 0 Å². The van der Waals surface area contributed by atoms with Crippen molar-refractivity contribution in [3.63, 3.8) is 0 Å². The van der Waals surface area contributed by atoms with E-state index in [2.05, 4.69) is 17.1 Å². The molecule has 2 saturated heterocycles. The Balaban J connectivity index is 1.14. The lowest BCUT2D eigenvalue weighted by Gasteiger charge is -2.62. The van der Waals surface area contributed by atoms with Gasteiger partial charge >= 0.3 is 11.9 Å². The number of esters is 2. The molecule has 7 atom stereocenters. The van der Waals surface area contributed by atoms with E-state index in [4.69, 9.17) is 23.7 Å². The number of nitrogens with one attached hydrogen (secondary N) is 1. The van der Waals surface area contributed by atoms with Crippen LogP contribution >= 0.6 is 11.8 Å². The number of aryl methyl sites for hydroxylation is 1. The largest absolute Gasteiger partial charge is 0.504 e. The van der Waals surface area contributed by atoms with Gasteiger partial charge in [0.1, 0.15) is 24.6 Å². The normalized spacial score (nSPS) is 25.5. The predicted molar refractivity (Wildman–Crippen MR) is 229 cm³/mol. The van der Waals surface area contributed by atoms with E-state index >= 15 is 0 Å².